The molecule has 108 valence electrons. The first-order valence-corrected chi connectivity index (χ1v) is 7.37. The fraction of sp³-hybridized carbons (Fsp3) is 0.375. The van der Waals surface area contributed by atoms with Gasteiger partial charge in [0.25, 0.3) is 0 Å². The van der Waals surface area contributed by atoms with Crippen LogP contribution in [0.2, 0.25) is 0 Å². The van der Waals surface area contributed by atoms with E-state index in [0.717, 1.165) is 44.0 Å². The SMILES string of the molecule is COc1nc2c(c(N3CCc4ccccc43)n1)CCNC2. The summed E-state index contributed by atoms with van der Waals surface area (Å²) in [6, 6.07) is 9.01. The van der Waals surface area contributed by atoms with Crippen LogP contribution in [0, 0.1) is 0 Å². The number of hydrogen-bond acceptors (Lipinski definition) is 5. The lowest BCUT2D eigenvalue weighted by molar-refractivity contribution is 0.376. The molecule has 21 heavy (non-hydrogen) atoms. The lowest BCUT2D eigenvalue weighted by Gasteiger charge is -2.25. The Hall–Kier alpha value is -2.14. The average molecular weight is 282 g/mol. The summed E-state index contributed by atoms with van der Waals surface area (Å²) in [6.07, 6.45) is 2.03. The van der Waals surface area contributed by atoms with Crippen molar-refractivity contribution >= 4 is 11.5 Å². The van der Waals surface area contributed by atoms with Gasteiger partial charge in [-0.2, -0.15) is 9.97 Å². The number of nitrogens with zero attached hydrogens (tertiary/aromatic N) is 3. The van der Waals surface area contributed by atoms with E-state index >= 15 is 0 Å². The van der Waals surface area contributed by atoms with Crippen molar-refractivity contribution in [2.75, 3.05) is 25.1 Å². The quantitative estimate of drug-likeness (QED) is 0.910. The van der Waals surface area contributed by atoms with E-state index in [9.17, 15) is 0 Å². The van der Waals surface area contributed by atoms with Crippen LogP contribution in [-0.2, 0) is 19.4 Å². The van der Waals surface area contributed by atoms with Gasteiger partial charge in [0.2, 0.25) is 0 Å². The Morgan fingerprint density at radius 3 is 3.00 bits per heavy atom. The third-order valence-corrected chi connectivity index (χ3v) is 4.22. The van der Waals surface area contributed by atoms with E-state index in [1.54, 1.807) is 7.11 Å². The van der Waals surface area contributed by atoms with Crippen molar-refractivity contribution in [3.8, 4) is 6.01 Å². The van der Waals surface area contributed by atoms with Crippen molar-refractivity contribution in [2.45, 2.75) is 19.4 Å². The van der Waals surface area contributed by atoms with Crippen LogP contribution < -0.4 is 15.0 Å². The minimum Gasteiger partial charge on any atom is -0.467 e. The highest BCUT2D eigenvalue weighted by molar-refractivity contribution is 5.70. The van der Waals surface area contributed by atoms with Crippen LogP contribution in [-0.4, -0.2) is 30.2 Å². The molecule has 2 aromatic rings. The number of aromatic nitrogens is 2. The number of hydrogen-bond donors (Lipinski definition) is 1. The molecular weight excluding hydrogens is 264 g/mol. The van der Waals surface area contributed by atoms with Gasteiger partial charge in [-0.15, -0.1) is 0 Å². The molecule has 0 unspecified atom stereocenters. The molecule has 5 nitrogen and oxygen atoms in total. The van der Waals surface area contributed by atoms with Gasteiger partial charge in [-0.3, -0.25) is 0 Å². The molecule has 0 saturated carbocycles. The zero-order valence-electron chi connectivity index (χ0n) is 12.1. The van der Waals surface area contributed by atoms with E-state index < -0.39 is 0 Å². The fourth-order valence-electron chi connectivity index (χ4n) is 3.19. The Bertz CT molecular complexity index is 686. The highest BCUT2D eigenvalue weighted by Gasteiger charge is 2.27. The van der Waals surface area contributed by atoms with E-state index in [2.05, 4.69) is 44.5 Å². The number of nitrogens with one attached hydrogen (secondary N) is 1. The normalized spacial score (nSPS) is 16.5. The predicted octanol–water partition coefficient (Wildman–Crippen LogP) is 1.83. The van der Waals surface area contributed by atoms with Gasteiger partial charge < -0.3 is 15.0 Å². The molecule has 1 N–H and O–H groups in total. The van der Waals surface area contributed by atoms with Crippen molar-refractivity contribution in [3.63, 3.8) is 0 Å². The summed E-state index contributed by atoms with van der Waals surface area (Å²) in [4.78, 5) is 11.5. The summed E-state index contributed by atoms with van der Waals surface area (Å²) in [6.45, 7) is 2.74. The Labute approximate surface area is 124 Å². The molecule has 1 aromatic carbocycles. The highest BCUT2D eigenvalue weighted by atomic mass is 16.5. The van der Waals surface area contributed by atoms with Crippen molar-refractivity contribution in [1.82, 2.24) is 15.3 Å². The molecule has 1 aromatic heterocycles. The number of fused-ring (bicyclic) bond motifs is 2. The molecule has 0 amide bonds. The third-order valence-electron chi connectivity index (χ3n) is 4.22. The topological polar surface area (TPSA) is 50.3 Å². The lowest BCUT2D eigenvalue weighted by atomic mass is 10.1. The second kappa shape index (κ2) is 5.00. The van der Waals surface area contributed by atoms with E-state index in [1.165, 1.54) is 16.8 Å². The molecule has 0 atom stereocenters. The molecule has 0 aliphatic carbocycles. The molecule has 0 spiro atoms. The molecule has 2 aliphatic heterocycles. The highest BCUT2D eigenvalue weighted by Crippen LogP contribution is 2.37. The number of rotatable bonds is 2. The Morgan fingerprint density at radius 1 is 1.19 bits per heavy atom. The van der Waals surface area contributed by atoms with Crippen LogP contribution in [0.25, 0.3) is 0 Å². The van der Waals surface area contributed by atoms with Crippen molar-refractivity contribution in [3.05, 3.63) is 41.1 Å². The van der Waals surface area contributed by atoms with Gasteiger partial charge in [-0.05, 0) is 31.0 Å². The van der Waals surface area contributed by atoms with Crippen LogP contribution >= 0.6 is 0 Å². The zero-order valence-corrected chi connectivity index (χ0v) is 12.1. The zero-order chi connectivity index (χ0) is 14.2. The molecule has 4 rings (SSSR count). The summed E-state index contributed by atoms with van der Waals surface area (Å²) in [5.41, 5.74) is 4.97. The minimum absolute atomic E-state index is 0.455. The van der Waals surface area contributed by atoms with E-state index in [1.807, 2.05) is 0 Å². The van der Waals surface area contributed by atoms with Gasteiger partial charge >= 0.3 is 6.01 Å². The van der Waals surface area contributed by atoms with Gasteiger partial charge in [0.1, 0.15) is 5.82 Å². The van der Waals surface area contributed by atoms with Gasteiger partial charge in [0, 0.05) is 24.3 Å². The number of benzene rings is 1. The Kier molecular flexibility index (Phi) is 3.00. The number of anilines is 2. The fourth-order valence-corrected chi connectivity index (χ4v) is 3.19. The summed E-state index contributed by atoms with van der Waals surface area (Å²) in [7, 11) is 1.62. The monoisotopic (exact) mass is 282 g/mol. The maximum atomic E-state index is 5.29. The summed E-state index contributed by atoms with van der Waals surface area (Å²) in [5.74, 6) is 1.02. The Balaban J connectivity index is 1.85. The second-order valence-electron chi connectivity index (χ2n) is 5.42. The lowest BCUT2D eigenvalue weighted by Crippen LogP contribution is -2.28. The molecule has 0 bridgehead atoms. The van der Waals surface area contributed by atoms with Crippen LogP contribution in [0.15, 0.2) is 24.3 Å². The molecule has 0 saturated heterocycles. The standard InChI is InChI=1S/C16H18N4O/c1-21-16-18-13-10-17-8-6-12(13)15(19-16)20-9-7-11-4-2-3-5-14(11)20/h2-5,17H,6-10H2,1H3. The van der Waals surface area contributed by atoms with Gasteiger partial charge in [0.05, 0.1) is 12.8 Å². The maximum absolute atomic E-state index is 5.29. The van der Waals surface area contributed by atoms with Crippen molar-refractivity contribution in [2.24, 2.45) is 0 Å². The number of methoxy groups -OCH3 is 1. The van der Waals surface area contributed by atoms with Crippen LogP contribution in [0.4, 0.5) is 11.5 Å². The first-order valence-electron chi connectivity index (χ1n) is 7.37. The van der Waals surface area contributed by atoms with Crippen molar-refractivity contribution < 1.29 is 4.74 Å². The second-order valence-corrected chi connectivity index (χ2v) is 5.42. The minimum atomic E-state index is 0.455. The largest absolute Gasteiger partial charge is 0.467 e. The maximum Gasteiger partial charge on any atom is 0.318 e. The molecule has 0 fully saturated rings. The average Bonchev–Trinajstić information content (AvgIpc) is 2.97. The molecule has 5 heteroatoms. The molecule has 3 heterocycles. The third kappa shape index (κ3) is 2.05. The molecular formula is C16H18N4O. The smallest absolute Gasteiger partial charge is 0.318 e. The Morgan fingerprint density at radius 2 is 2.10 bits per heavy atom. The van der Waals surface area contributed by atoms with Gasteiger partial charge in [0.15, 0.2) is 0 Å². The summed E-state index contributed by atoms with van der Waals surface area (Å²) >= 11 is 0. The molecule has 2 aliphatic rings. The van der Waals surface area contributed by atoms with Crippen LogP contribution in [0.5, 0.6) is 6.01 Å². The van der Waals surface area contributed by atoms with Gasteiger partial charge in [-0.1, -0.05) is 18.2 Å². The van der Waals surface area contributed by atoms with E-state index in [4.69, 9.17) is 4.74 Å². The van der Waals surface area contributed by atoms with Crippen molar-refractivity contribution in [1.29, 1.82) is 0 Å². The number of ether oxygens (including phenoxy) is 1. The predicted molar refractivity (Wildman–Crippen MR) is 81.1 cm³/mol. The van der Waals surface area contributed by atoms with E-state index in [-0.39, 0.29) is 0 Å². The summed E-state index contributed by atoms with van der Waals surface area (Å²) in [5, 5.41) is 3.36. The number of para-hydroxylation sites is 1. The van der Waals surface area contributed by atoms with Gasteiger partial charge in [-0.25, -0.2) is 0 Å². The summed E-state index contributed by atoms with van der Waals surface area (Å²) < 4.78 is 5.29. The van der Waals surface area contributed by atoms with E-state index in [0.29, 0.717) is 6.01 Å². The molecule has 0 radical (unpaired) electrons. The van der Waals surface area contributed by atoms with Crippen LogP contribution in [0.1, 0.15) is 16.8 Å². The first kappa shape index (κ1) is 12.6. The van der Waals surface area contributed by atoms with Crippen LogP contribution in [0.3, 0.4) is 0 Å². The first-order chi connectivity index (χ1) is 10.4.